The largest absolute Gasteiger partial charge is 0.478 e. The van der Waals surface area contributed by atoms with Gasteiger partial charge in [-0.05, 0) is 24.6 Å². The van der Waals surface area contributed by atoms with Gasteiger partial charge in [0.05, 0.1) is 5.56 Å². The number of rotatable bonds is 5. The molecule has 5 N–H and O–H groups in total. The summed E-state index contributed by atoms with van der Waals surface area (Å²) in [6.07, 6.45) is 0.0432. The van der Waals surface area contributed by atoms with Crippen molar-refractivity contribution in [3.63, 3.8) is 0 Å². The third-order valence-electron chi connectivity index (χ3n) is 2.47. The molecule has 7 nitrogen and oxygen atoms in total. The Balaban J connectivity index is 2.67. The first kappa shape index (κ1) is 14.5. The normalized spacial score (nSPS) is 9.74. The van der Waals surface area contributed by atoms with E-state index < -0.39 is 17.9 Å². The van der Waals surface area contributed by atoms with Crippen molar-refractivity contribution in [2.75, 3.05) is 11.9 Å². The predicted molar refractivity (Wildman–Crippen MR) is 69.0 cm³/mol. The summed E-state index contributed by atoms with van der Waals surface area (Å²) < 4.78 is 0. The van der Waals surface area contributed by atoms with E-state index in [1.54, 1.807) is 13.0 Å². The number of primary amides is 1. The average Bonchev–Trinajstić information content (AvgIpc) is 2.31. The van der Waals surface area contributed by atoms with E-state index in [1.165, 1.54) is 12.1 Å². The van der Waals surface area contributed by atoms with Gasteiger partial charge in [-0.15, -0.1) is 0 Å². The summed E-state index contributed by atoms with van der Waals surface area (Å²) in [6.45, 7) is 1.72. The third-order valence-corrected chi connectivity index (χ3v) is 2.47. The lowest BCUT2D eigenvalue weighted by Gasteiger charge is -2.11. The lowest BCUT2D eigenvalue weighted by molar-refractivity contribution is -0.117. The van der Waals surface area contributed by atoms with E-state index in [-0.39, 0.29) is 18.5 Å². The summed E-state index contributed by atoms with van der Waals surface area (Å²) in [6, 6.07) is 4.06. The smallest absolute Gasteiger partial charge is 0.336 e. The number of aromatic carboxylic acids is 1. The van der Waals surface area contributed by atoms with Crippen LogP contribution in [-0.2, 0) is 4.79 Å². The molecule has 3 amide bonds. The van der Waals surface area contributed by atoms with E-state index in [0.717, 1.165) is 0 Å². The lowest BCUT2D eigenvalue weighted by atomic mass is 10.1. The highest BCUT2D eigenvalue weighted by atomic mass is 16.4. The number of anilines is 1. The van der Waals surface area contributed by atoms with Gasteiger partial charge in [0.1, 0.15) is 0 Å². The fourth-order valence-electron chi connectivity index (χ4n) is 1.47. The van der Waals surface area contributed by atoms with E-state index >= 15 is 0 Å². The van der Waals surface area contributed by atoms with Crippen LogP contribution in [0.4, 0.5) is 10.5 Å². The van der Waals surface area contributed by atoms with Crippen LogP contribution in [-0.4, -0.2) is 29.6 Å². The Kier molecular flexibility index (Phi) is 4.87. The molecule has 0 aliphatic carbocycles. The van der Waals surface area contributed by atoms with Crippen molar-refractivity contribution in [2.24, 2.45) is 5.73 Å². The Hall–Kier alpha value is -2.57. The number of hydrogen-bond donors (Lipinski definition) is 4. The number of nitrogens with two attached hydrogens (primary N) is 1. The van der Waals surface area contributed by atoms with E-state index in [0.29, 0.717) is 11.3 Å². The molecule has 0 aliphatic heterocycles. The molecule has 1 aromatic carbocycles. The molecule has 0 fully saturated rings. The first-order chi connectivity index (χ1) is 8.91. The topological polar surface area (TPSA) is 122 Å². The van der Waals surface area contributed by atoms with Crippen LogP contribution in [0.15, 0.2) is 18.2 Å². The van der Waals surface area contributed by atoms with Gasteiger partial charge in [-0.1, -0.05) is 6.07 Å². The fourth-order valence-corrected chi connectivity index (χ4v) is 1.47. The Morgan fingerprint density at radius 1 is 1.32 bits per heavy atom. The summed E-state index contributed by atoms with van der Waals surface area (Å²) in [5, 5.41) is 13.9. The molecule has 102 valence electrons. The zero-order valence-electron chi connectivity index (χ0n) is 10.4. The number of carbonyl (C=O) groups is 3. The van der Waals surface area contributed by atoms with Crippen molar-refractivity contribution >= 4 is 23.6 Å². The van der Waals surface area contributed by atoms with Gasteiger partial charge in [0.2, 0.25) is 5.91 Å². The van der Waals surface area contributed by atoms with Crippen LogP contribution >= 0.6 is 0 Å². The molecule has 0 radical (unpaired) electrons. The molecule has 1 aromatic rings. The van der Waals surface area contributed by atoms with Crippen LogP contribution in [0, 0.1) is 6.92 Å². The fraction of sp³-hybridized carbons (Fsp3) is 0.250. The van der Waals surface area contributed by atoms with Crippen molar-refractivity contribution in [3.05, 3.63) is 29.3 Å². The summed E-state index contributed by atoms with van der Waals surface area (Å²) in [5.74, 6) is -1.57. The first-order valence-corrected chi connectivity index (χ1v) is 5.58. The molecule has 1 rings (SSSR count). The summed E-state index contributed by atoms with van der Waals surface area (Å²) in [7, 11) is 0. The van der Waals surface area contributed by atoms with Crippen LogP contribution in [0.3, 0.4) is 0 Å². The molecule has 19 heavy (non-hydrogen) atoms. The van der Waals surface area contributed by atoms with Crippen molar-refractivity contribution in [3.8, 4) is 0 Å². The standard InChI is InChI=1S/C12H15N3O4/c1-7-8(11(17)18)3-2-4-9(7)15-12(19)14-6-5-10(13)16/h2-4H,5-6H2,1H3,(H2,13,16)(H,17,18)(H2,14,15,19). The maximum Gasteiger partial charge on any atom is 0.336 e. The molecule has 0 heterocycles. The molecule has 0 atom stereocenters. The van der Waals surface area contributed by atoms with Gasteiger partial charge in [-0.25, -0.2) is 9.59 Å². The van der Waals surface area contributed by atoms with Crippen molar-refractivity contribution in [2.45, 2.75) is 13.3 Å². The SMILES string of the molecule is Cc1c(NC(=O)NCCC(N)=O)cccc1C(=O)O. The number of carboxylic acids is 1. The third kappa shape index (κ3) is 4.30. The highest BCUT2D eigenvalue weighted by Gasteiger charge is 2.11. The van der Waals surface area contributed by atoms with E-state index in [1.807, 2.05) is 0 Å². The Morgan fingerprint density at radius 3 is 2.58 bits per heavy atom. The molecule has 0 bridgehead atoms. The van der Waals surface area contributed by atoms with Gasteiger partial charge in [-0.2, -0.15) is 0 Å². The Morgan fingerprint density at radius 2 is 2.00 bits per heavy atom. The second kappa shape index (κ2) is 6.39. The van der Waals surface area contributed by atoms with Crippen molar-refractivity contribution < 1.29 is 19.5 Å². The molecule has 7 heteroatoms. The van der Waals surface area contributed by atoms with Crippen LogP contribution in [0.25, 0.3) is 0 Å². The van der Waals surface area contributed by atoms with Gasteiger partial charge in [-0.3, -0.25) is 4.79 Å². The van der Waals surface area contributed by atoms with Crippen LogP contribution < -0.4 is 16.4 Å². The monoisotopic (exact) mass is 265 g/mol. The summed E-state index contributed by atoms with van der Waals surface area (Å²) in [5.41, 5.74) is 5.91. The predicted octanol–water partition coefficient (Wildman–Crippen LogP) is 0.690. The van der Waals surface area contributed by atoms with Gasteiger partial charge in [0.25, 0.3) is 0 Å². The number of carbonyl (C=O) groups excluding carboxylic acids is 2. The van der Waals surface area contributed by atoms with Gasteiger partial charge in [0, 0.05) is 18.7 Å². The number of carboxylic acid groups (broad SMARTS) is 1. The molecule has 0 aliphatic rings. The molecular formula is C12H15N3O4. The highest BCUT2D eigenvalue weighted by Crippen LogP contribution is 2.18. The molecule has 0 unspecified atom stereocenters. The van der Waals surface area contributed by atoms with Gasteiger partial charge < -0.3 is 21.5 Å². The second-order valence-electron chi connectivity index (χ2n) is 3.88. The second-order valence-corrected chi connectivity index (χ2v) is 3.88. The first-order valence-electron chi connectivity index (χ1n) is 5.58. The summed E-state index contributed by atoms with van der Waals surface area (Å²) >= 11 is 0. The van der Waals surface area contributed by atoms with Gasteiger partial charge >= 0.3 is 12.0 Å². The van der Waals surface area contributed by atoms with E-state index in [4.69, 9.17) is 10.8 Å². The maximum atomic E-state index is 11.5. The van der Waals surface area contributed by atoms with E-state index in [9.17, 15) is 14.4 Å². The average molecular weight is 265 g/mol. The molecule has 0 saturated heterocycles. The van der Waals surface area contributed by atoms with Gasteiger partial charge in [0.15, 0.2) is 0 Å². The Bertz CT molecular complexity index is 514. The quantitative estimate of drug-likeness (QED) is 0.625. The number of amides is 3. The maximum absolute atomic E-state index is 11.5. The highest BCUT2D eigenvalue weighted by molar-refractivity contribution is 5.95. The molecular weight excluding hydrogens is 250 g/mol. The minimum Gasteiger partial charge on any atom is -0.478 e. The minimum atomic E-state index is -1.06. The number of urea groups is 1. The minimum absolute atomic E-state index is 0.0432. The molecule has 0 spiro atoms. The zero-order chi connectivity index (χ0) is 14.4. The van der Waals surface area contributed by atoms with Crippen molar-refractivity contribution in [1.29, 1.82) is 0 Å². The number of nitrogens with one attached hydrogen (secondary N) is 2. The molecule has 0 aromatic heterocycles. The van der Waals surface area contributed by atoms with Crippen LogP contribution in [0.2, 0.25) is 0 Å². The number of benzene rings is 1. The zero-order valence-corrected chi connectivity index (χ0v) is 10.4. The van der Waals surface area contributed by atoms with Crippen LogP contribution in [0.1, 0.15) is 22.3 Å². The Labute approximate surface area is 109 Å². The summed E-state index contributed by atoms with van der Waals surface area (Å²) in [4.78, 5) is 32.9. The van der Waals surface area contributed by atoms with Crippen LogP contribution in [0.5, 0.6) is 0 Å². The lowest BCUT2D eigenvalue weighted by Crippen LogP contribution is -2.32. The van der Waals surface area contributed by atoms with E-state index in [2.05, 4.69) is 10.6 Å². The number of hydrogen-bond acceptors (Lipinski definition) is 3. The molecule has 0 saturated carbocycles. The van der Waals surface area contributed by atoms with Crippen molar-refractivity contribution in [1.82, 2.24) is 5.32 Å².